The molecule has 0 aliphatic heterocycles. The van der Waals surface area contributed by atoms with Crippen molar-refractivity contribution in [3.8, 4) is 0 Å². The van der Waals surface area contributed by atoms with Gasteiger partial charge in [0.1, 0.15) is 0 Å². The molecule has 0 aromatic carbocycles. The van der Waals surface area contributed by atoms with Crippen LogP contribution in [0.15, 0.2) is 0 Å². The van der Waals surface area contributed by atoms with Gasteiger partial charge in [0.25, 0.3) is 0 Å². The minimum Gasteiger partial charge on any atom is -0.395 e. The lowest BCUT2D eigenvalue weighted by Crippen LogP contribution is -2.28. The molecule has 0 aliphatic carbocycles. The first-order valence-corrected chi connectivity index (χ1v) is 8.31. The minimum absolute atomic E-state index is 0.144. The molecule has 0 amide bonds. The SMILES string of the molecule is CCCCCCCCCCCC[C@@H](O)CNCCO. The largest absolute Gasteiger partial charge is 0.395 e. The molecule has 3 heteroatoms. The maximum absolute atomic E-state index is 9.65. The maximum atomic E-state index is 9.65. The Kier molecular flexibility index (Phi) is 15.8. The highest BCUT2D eigenvalue weighted by Crippen LogP contribution is 2.11. The third-order valence-electron chi connectivity index (χ3n) is 3.56. The van der Waals surface area contributed by atoms with Crippen molar-refractivity contribution in [2.45, 2.75) is 83.7 Å². The Bertz CT molecular complexity index is 165. The highest BCUT2D eigenvalue weighted by molar-refractivity contribution is 4.59. The Hall–Kier alpha value is -0.120. The second-order valence-electron chi connectivity index (χ2n) is 5.55. The fourth-order valence-electron chi connectivity index (χ4n) is 2.32. The summed E-state index contributed by atoms with van der Waals surface area (Å²) in [4.78, 5) is 0. The molecule has 0 saturated carbocycles. The number of unbranched alkanes of at least 4 members (excludes halogenated alkanes) is 9. The number of hydrogen-bond acceptors (Lipinski definition) is 3. The van der Waals surface area contributed by atoms with Gasteiger partial charge in [-0.3, -0.25) is 0 Å². The molecule has 3 N–H and O–H groups in total. The summed E-state index contributed by atoms with van der Waals surface area (Å²) in [5.41, 5.74) is 0. The Morgan fingerprint density at radius 2 is 1.37 bits per heavy atom. The number of hydrogen-bond donors (Lipinski definition) is 3. The maximum Gasteiger partial charge on any atom is 0.0664 e. The smallest absolute Gasteiger partial charge is 0.0664 e. The molecular formula is C16H35NO2. The third kappa shape index (κ3) is 15.8. The van der Waals surface area contributed by atoms with Crippen LogP contribution >= 0.6 is 0 Å². The monoisotopic (exact) mass is 273 g/mol. The number of rotatable bonds is 15. The van der Waals surface area contributed by atoms with Crippen LogP contribution in [-0.2, 0) is 0 Å². The molecule has 0 saturated heterocycles. The molecule has 0 aromatic heterocycles. The zero-order chi connectivity index (χ0) is 14.2. The summed E-state index contributed by atoms with van der Waals surface area (Å²) in [7, 11) is 0. The zero-order valence-corrected chi connectivity index (χ0v) is 12.9. The van der Waals surface area contributed by atoms with Crippen LogP contribution < -0.4 is 5.32 Å². The molecule has 1 atom stereocenters. The molecular weight excluding hydrogens is 238 g/mol. The molecule has 0 aromatic rings. The fraction of sp³-hybridized carbons (Fsp3) is 1.00. The average molecular weight is 273 g/mol. The van der Waals surface area contributed by atoms with E-state index in [-0.39, 0.29) is 12.7 Å². The van der Waals surface area contributed by atoms with E-state index >= 15 is 0 Å². The van der Waals surface area contributed by atoms with Gasteiger partial charge >= 0.3 is 0 Å². The van der Waals surface area contributed by atoms with Crippen LogP contribution in [0.3, 0.4) is 0 Å². The van der Waals surface area contributed by atoms with Crippen LogP contribution in [0, 0.1) is 0 Å². The van der Waals surface area contributed by atoms with E-state index < -0.39 is 0 Å². The molecule has 0 bridgehead atoms. The lowest BCUT2D eigenvalue weighted by molar-refractivity contribution is 0.155. The van der Waals surface area contributed by atoms with Gasteiger partial charge in [0.2, 0.25) is 0 Å². The second kappa shape index (κ2) is 15.9. The normalized spacial score (nSPS) is 12.8. The van der Waals surface area contributed by atoms with E-state index in [1.54, 1.807) is 0 Å². The summed E-state index contributed by atoms with van der Waals surface area (Å²) < 4.78 is 0. The Labute approximate surface area is 119 Å². The number of nitrogens with one attached hydrogen (secondary N) is 1. The van der Waals surface area contributed by atoms with E-state index in [1.807, 2.05) is 0 Å². The molecule has 0 fully saturated rings. The van der Waals surface area contributed by atoms with Crippen LogP contribution in [0.4, 0.5) is 0 Å². The average Bonchev–Trinajstić information content (AvgIpc) is 2.41. The van der Waals surface area contributed by atoms with Crippen molar-refractivity contribution in [2.24, 2.45) is 0 Å². The highest BCUT2D eigenvalue weighted by Gasteiger charge is 2.02. The van der Waals surface area contributed by atoms with Crippen LogP contribution in [0.5, 0.6) is 0 Å². The van der Waals surface area contributed by atoms with Crippen molar-refractivity contribution in [3.63, 3.8) is 0 Å². The van der Waals surface area contributed by atoms with E-state index in [0.29, 0.717) is 13.1 Å². The van der Waals surface area contributed by atoms with Crippen LogP contribution in [0.25, 0.3) is 0 Å². The van der Waals surface area contributed by atoms with E-state index in [9.17, 15) is 5.11 Å². The fourth-order valence-corrected chi connectivity index (χ4v) is 2.32. The standard InChI is InChI=1S/C16H35NO2/c1-2-3-4-5-6-7-8-9-10-11-12-16(19)15-17-13-14-18/h16-19H,2-15H2,1H3/t16-/m1/s1. The number of aliphatic hydroxyl groups is 2. The predicted octanol–water partition coefficient (Wildman–Crippen LogP) is 3.24. The highest BCUT2D eigenvalue weighted by atomic mass is 16.3. The molecule has 0 spiro atoms. The second-order valence-corrected chi connectivity index (χ2v) is 5.55. The quantitative estimate of drug-likeness (QED) is 0.401. The molecule has 0 radical (unpaired) electrons. The minimum atomic E-state index is -0.249. The molecule has 0 heterocycles. The van der Waals surface area contributed by atoms with E-state index in [0.717, 1.165) is 12.8 Å². The summed E-state index contributed by atoms with van der Waals surface area (Å²) in [5.74, 6) is 0. The van der Waals surface area contributed by atoms with Gasteiger partial charge in [-0.1, -0.05) is 71.1 Å². The van der Waals surface area contributed by atoms with Crippen molar-refractivity contribution in [1.82, 2.24) is 5.32 Å². The predicted molar refractivity (Wildman–Crippen MR) is 82.4 cm³/mol. The summed E-state index contributed by atoms with van der Waals surface area (Å²) in [6.07, 6.45) is 14.0. The van der Waals surface area contributed by atoms with Gasteiger partial charge in [0.05, 0.1) is 12.7 Å². The summed E-state index contributed by atoms with van der Waals surface area (Å²) in [6, 6.07) is 0. The van der Waals surface area contributed by atoms with E-state index in [4.69, 9.17) is 5.11 Å². The van der Waals surface area contributed by atoms with E-state index in [2.05, 4.69) is 12.2 Å². The lowest BCUT2D eigenvalue weighted by atomic mass is 10.0. The third-order valence-corrected chi connectivity index (χ3v) is 3.56. The zero-order valence-electron chi connectivity index (χ0n) is 12.9. The van der Waals surface area contributed by atoms with Gasteiger partial charge in [0, 0.05) is 13.1 Å². The Morgan fingerprint density at radius 1 is 0.842 bits per heavy atom. The van der Waals surface area contributed by atoms with Crippen LogP contribution in [-0.4, -0.2) is 36.0 Å². The van der Waals surface area contributed by atoms with Gasteiger partial charge in [-0.15, -0.1) is 0 Å². The van der Waals surface area contributed by atoms with Gasteiger partial charge in [-0.2, -0.15) is 0 Å². The lowest BCUT2D eigenvalue weighted by Gasteiger charge is -2.10. The van der Waals surface area contributed by atoms with Crippen molar-refractivity contribution >= 4 is 0 Å². The van der Waals surface area contributed by atoms with Crippen molar-refractivity contribution < 1.29 is 10.2 Å². The molecule has 0 rings (SSSR count). The van der Waals surface area contributed by atoms with Crippen molar-refractivity contribution in [2.75, 3.05) is 19.7 Å². The molecule has 0 unspecified atom stereocenters. The van der Waals surface area contributed by atoms with Crippen molar-refractivity contribution in [1.29, 1.82) is 0 Å². The Morgan fingerprint density at radius 3 is 1.89 bits per heavy atom. The summed E-state index contributed by atoms with van der Waals surface area (Å²) in [5, 5.41) is 21.3. The van der Waals surface area contributed by atoms with Crippen molar-refractivity contribution in [3.05, 3.63) is 0 Å². The van der Waals surface area contributed by atoms with Crippen LogP contribution in [0.1, 0.15) is 77.6 Å². The van der Waals surface area contributed by atoms with Crippen LogP contribution in [0.2, 0.25) is 0 Å². The summed E-state index contributed by atoms with van der Waals surface area (Å²) >= 11 is 0. The van der Waals surface area contributed by atoms with Gasteiger partial charge < -0.3 is 15.5 Å². The molecule has 19 heavy (non-hydrogen) atoms. The number of aliphatic hydroxyl groups excluding tert-OH is 2. The van der Waals surface area contributed by atoms with E-state index in [1.165, 1.54) is 57.8 Å². The first-order chi connectivity index (χ1) is 9.31. The van der Waals surface area contributed by atoms with Gasteiger partial charge in [-0.25, -0.2) is 0 Å². The first kappa shape index (κ1) is 18.9. The molecule has 116 valence electrons. The topological polar surface area (TPSA) is 52.5 Å². The molecule has 3 nitrogen and oxygen atoms in total. The molecule has 0 aliphatic rings. The summed E-state index contributed by atoms with van der Waals surface area (Å²) in [6.45, 7) is 3.59. The van der Waals surface area contributed by atoms with Gasteiger partial charge in [0.15, 0.2) is 0 Å². The first-order valence-electron chi connectivity index (χ1n) is 8.31. The Balaban J connectivity index is 3.05. The van der Waals surface area contributed by atoms with Gasteiger partial charge in [-0.05, 0) is 6.42 Å².